The third-order valence-corrected chi connectivity index (χ3v) is 7.58. The summed E-state index contributed by atoms with van der Waals surface area (Å²) in [7, 11) is 0. The number of nitrogens with zero attached hydrogens (tertiary/aromatic N) is 2. The van der Waals surface area contributed by atoms with Gasteiger partial charge in [0.05, 0.1) is 31.4 Å². The lowest BCUT2D eigenvalue weighted by Gasteiger charge is -2.29. The SMILES string of the molecule is CCCOc1ccc(C(O)=C2C(=O)C(=O)N(CCCN3CCOCC3)C2c2cccc(Oc3ccccc3)c2)cc1C. The standard InChI is InChI=1S/C34H38N2O6/c1-3-19-41-29-14-13-26(22-24(29)2)32(37)30-31(25-9-7-12-28(23-25)42-27-10-5-4-6-11-27)36(34(39)33(30)38)16-8-15-35-17-20-40-21-18-35/h4-7,9-14,22-23,31,37H,3,8,15-21H2,1-2H3. The van der Waals surface area contributed by atoms with Crippen molar-refractivity contribution >= 4 is 17.4 Å². The summed E-state index contributed by atoms with van der Waals surface area (Å²) in [5.41, 5.74) is 2.06. The number of benzene rings is 3. The molecule has 0 spiro atoms. The number of hydrogen-bond donors (Lipinski definition) is 1. The lowest BCUT2D eigenvalue weighted by Crippen LogP contribution is -2.38. The van der Waals surface area contributed by atoms with E-state index in [9.17, 15) is 14.7 Å². The fourth-order valence-electron chi connectivity index (χ4n) is 5.45. The quantitative estimate of drug-likeness (QED) is 0.179. The molecule has 2 aliphatic rings. The number of aliphatic hydroxyl groups excluding tert-OH is 1. The highest BCUT2D eigenvalue weighted by atomic mass is 16.5. The largest absolute Gasteiger partial charge is 0.507 e. The summed E-state index contributed by atoms with van der Waals surface area (Å²) in [6, 6.07) is 21.3. The Morgan fingerprint density at radius 1 is 0.952 bits per heavy atom. The molecular weight excluding hydrogens is 532 g/mol. The van der Waals surface area contributed by atoms with E-state index < -0.39 is 17.7 Å². The molecule has 1 atom stereocenters. The molecule has 8 nitrogen and oxygen atoms in total. The van der Waals surface area contributed by atoms with Crippen molar-refractivity contribution in [3.63, 3.8) is 0 Å². The van der Waals surface area contributed by atoms with Crippen molar-refractivity contribution in [3.8, 4) is 17.2 Å². The van der Waals surface area contributed by atoms with Gasteiger partial charge in [-0.1, -0.05) is 37.3 Å². The molecule has 2 aliphatic heterocycles. The van der Waals surface area contributed by atoms with Crippen LogP contribution in [-0.2, 0) is 14.3 Å². The van der Waals surface area contributed by atoms with Crippen molar-refractivity contribution in [1.82, 2.24) is 9.80 Å². The summed E-state index contributed by atoms with van der Waals surface area (Å²) in [4.78, 5) is 30.9. The first-order valence-corrected chi connectivity index (χ1v) is 14.6. The first-order valence-electron chi connectivity index (χ1n) is 14.6. The van der Waals surface area contributed by atoms with Crippen LogP contribution >= 0.6 is 0 Å². The number of carbonyl (C=O) groups excluding carboxylic acids is 2. The number of hydrogen-bond acceptors (Lipinski definition) is 7. The molecule has 1 N–H and O–H groups in total. The van der Waals surface area contributed by atoms with Crippen LogP contribution in [0.15, 0.2) is 78.4 Å². The summed E-state index contributed by atoms with van der Waals surface area (Å²) >= 11 is 0. The maximum absolute atomic E-state index is 13.6. The lowest BCUT2D eigenvalue weighted by atomic mass is 9.94. The molecule has 0 radical (unpaired) electrons. The van der Waals surface area contributed by atoms with E-state index in [0.717, 1.165) is 37.4 Å². The maximum Gasteiger partial charge on any atom is 0.295 e. The average Bonchev–Trinajstić information content (AvgIpc) is 3.26. The molecule has 3 aromatic carbocycles. The number of para-hydroxylation sites is 1. The minimum atomic E-state index is -0.759. The molecule has 1 unspecified atom stereocenters. The molecule has 0 aliphatic carbocycles. The van der Waals surface area contributed by atoms with Gasteiger partial charge in [0.1, 0.15) is 23.0 Å². The first kappa shape index (κ1) is 29.4. The van der Waals surface area contributed by atoms with E-state index in [1.165, 1.54) is 0 Å². The van der Waals surface area contributed by atoms with Crippen LogP contribution in [0.5, 0.6) is 17.2 Å². The van der Waals surface area contributed by atoms with Crippen LogP contribution in [0.4, 0.5) is 0 Å². The van der Waals surface area contributed by atoms with Gasteiger partial charge in [-0.15, -0.1) is 0 Å². The molecule has 0 aromatic heterocycles. The summed E-state index contributed by atoms with van der Waals surface area (Å²) in [6.07, 6.45) is 1.57. The van der Waals surface area contributed by atoms with Gasteiger partial charge < -0.3 is 24.2 Å². The van der Waals surface area contributed by atoms with E-state index in [1.807, 2.05) is 68.4 Å². The number of aryl methyl sites for hydroxylation is 1. The first-order chi connectivity index (χ1) is 20.5. The molecule has 220 valence electrons. The van der Waals surface area contributed by atoms with E-state index in [1.54, 1.807) is 23.1 Å². The van der Waals surface area contributed by atoms with Crippen molar-refractivity contribution in [2.75, 3.05) is 46.0 Å². The van der Waals surface area contributed by atoms with Crippen LogP contribution in [0.1, 0.15) is 42.5 Å². The van der Waals surface area contributed by atoms with Crippen molar-refractivity contribution in [1.29, 1.82) is 0 Å². The summed E-state index contributed by atoms with van der Waals surface area (Å²) in [6.45, 7) is 8.76. The third-order valence-electron chi connectivity index (χ3n) is 7.58. The highest BCUT2D eigenvalue weighted by Gasteiger charge is 2.46. The molecule has 0 saturated carbocycles. The Hall–Kier alpha value is -4.14. The number of rotatable bonds is 11. The summed E-state index contributed by atoms with van der Waals surface area (Å²) < 4.78 is 17.3. The molecule has 42 heavy (non-hydrogen) atoms. The Bertz CT molecular complexity index is 1430. The normalized spacial score (nSPS) is 18.8. The Morgan fingerprint density at radius 2 is 1.71 bits per heavy atom. The van der Waals surface area contributed by atoms with Crippen molar-refractivity contribution in [2.45, 2.75) is 32.7 Å². The van der Waals surface area contributed by atoms with E-state index >= 15 is 0 Å². The van der Waals surface area contributed by atoms with Crippen LogP contribution in [-0.4, -0.2) is 72.6 Å². The van der Waals surface area contributed by atoms with Crippen LogP contribution in [0, 0.1) is 6.92 Å². The zero-order valence-electron chi connectivity index (χ0n) is 24.3. The second kappa shape index (κ2) is 13.7. The highest BCUT2D eigenvalue weighted by Crippen LogP contribution is 2.41. The molecular formula is C34H38N2O6. The molecule has 5 rings (SSSR count). The number of ketones is 1. The molecule has 3 aromatic rings. The van der Waals surface area contributed by atoms with E-state index in [2.05, 4.69) is 4.90 Å². The number of ether oxygens (including phenoxy) is 3. The molecule has 2 saturated heterocycles. The monoisotopic (exact) mass is 570 g/mol. The smallest absolute Gasteiger partial charge is 0.295 e. The van der Waals surface area contributed by atoms with Crippen LogP contribution in [0.3, 0.4) is 0 Å². The number of amides is 1. The number of Topliss-reactive ketones (excluding diaryl/α,β-unsaturated/α-hetero) is 1. The average molecular weight is 571 g/mol. The van der Waals surface area contributed by atoms with Gasteiger partial charge >= 0.3 is 0 Å². The van der Waals surface area contributed by atoms with Crippen LogP contribution in [0.25, 0.3) is 5.76 Å². The zero-order valence-corrected chi connectivity index (χ0v) is 24.3. The number of carbonyl (C=O) groups is 2. The Morgan fingerprint density at radius 3 is 2.45 bits per heavy atom. The van der Waals surface area contributed by atoms with Gasteiger partial charge in [-0.25, -0.2) is 0 Å². The van der Waals surface area contributed by atoms with E-state index in [0.29, 0.717) is 55.4 Å². The van der Waals surface area contributed by atoms with Crippen molar-refractivity contribution in [2.24, 2.45) is 0 Å². The molecule has 2 fully saturated rings. The van der Waals surface area contributed by atoms with Gasteiger partial charge in [-0.05, 0) is 73.4 Å². The van der Waals surface area contributed by atoms with Crippen LogP contribution in [0.2, 0.25) is 0 Å². The van der Waals surface area contributed by atoms with Gasteiger partial charge in [-0.2, -0.15) is 0 Å². The minimum Gasteiger partial charge on any atom is -0.507 e. The third kappa shape index (κ3) is 6.66. The number of aliphatic hydroxyl groups is 1. The van der Waals surface area contributed by atoms with Crippen molar-refractivity contribution in [3.05, 3.63) is 95.1 Å². The second-order valence-electron chi connectivity index (χ2n) is 10.6. The fourth-order valence-corrected chi connectivity index (χ4v) is 5.45. The highest BCUT2D eigenvalue weighted by molar-refractivity contribution is 6.46. The molecule has 0 bridgehead atoms. The van der Waals surface area contributed by atoms with Gasteiger partial charge in [-0.3, -0.25) is 14.5 Å². The summed E-state index contributed by atoms with van der Waals surface area (Å²) in [5.74, 6) is 0.466. The molecule has 8 heteroatoms. The molecule has 1 amide bonds. The minimum absolute atomic E-state index is 0.0739. The van der Waals surface area contributed by atoms with E-state index in [-0.39, 0.29) is 11.3 Å². The Balaban J connectivity index is 1.49. The Labute approximate surface area is 247 Å². The summed E-state index contributed by atoms with van der Waals surface area (Å²) in [5, 5.41) is 11.6. The lowest BCUT2D eigenvalue weighted by molar-refractivity contribution is -0.140. The van der Waals surface area contributed by atoms with Gasteiger partial charge in [0.25, 0.3) is 11.7 Å². The zero-order chi connectivity index (χ0) is 29.5. The predicted octanol–water partition coefficient (Wildman–Crippen LogP) is 5.72. The molecule has 2 heterocycles. The fraction of sp³-hybridized carbons (Fsp3) is 0.353. The van der Waals surface area contributed by atoms with Gasteiger partial charge in [0, 0.05) is 31.7 Å². The van der Waals surface area contributed by atoms with Gasteiger partial charge in [0.15, 0.2) is 0 Å². The predicted molar refractivity (Wildman–Crippen MR) is 161 cm³/mol. The topological polar surface area (TPSA) is 88.5 Å². The van der Waals surface area contributed by atoms with Crippen LogP contribution < -0.4 is 9.47 Å². The van der Waals surface area contributed by atoms with Crippen molar-refractivity contribution < 1.29 is 28.9 Å². The second-order valence-corrected chi connectivity index (χ2v) is 10.6. The number of likely N-dealkylation sites (tertiary alicyclic amines) is 1. The maximum atomic E-state index is 13.6. The number of morpholine rings is 1. The van der Waals surface area contributed by atoms with Gasteiger partial charge in [0.2, 0.25) is 0 Å². The van der Waals surface area contributed by atoms with E-state index in [4.69, 9.17) is 14.2 Å². The Kier molecular flexibility index (Phi) is 9.56.